The van der Waals surface area contributed by atoms with Gasteiger partial charge in [-0.1, -0.05) is 30.3 Å². The molecule has 0 aliphatic carbocycles. The highest BCUT2D eigenvalue weighted by Crippen LogP contribution is 2.30. The van der Waals surface area contributed by atoms with Crippen molar-refractivity contribution in [2.75, 3.05) is 5.32 Å². The molecule has 1 heterocycles. The van der Waals surface area contributed by atoms with Crippen molar-refractivity contribution in [3.8, 4) is 0 Å². The van der Waals surface area contributed by atoms with Crippen LogP contribution in [0.25, 0.3) is 17.0 Å². The molecule has 0 aliphatic heterocycles. The highest BCUT2D eigenvalue weighted by Gasteiger charge is 2.30. The number of alkyl halides is 3. The van der Waals surface area contributed by atoms with Crippen molar-refractivity contribution < 1.29 is 32.8 Å². The van der Waals surface area contributed by atoms with E-state index in [2.05, 4.69) is 15.6 Å². The molecule has 3 aromatic carbocycles. The summed E-state index contributed by atoms with van der Waals surface area (Å²) in [6.45, 7) is 0. The van der Waals surface area contributed by atoms with Crippen LogP contribution in [0.1, 0.15) is 27.0 Å². The first-order chi connectivity index (χ1) is 18.6. The number of carbonyl (C=O) groups excluding carboxylic acids is 3. The number of amides is 3. The Labute approximate surface area is 220 Å². The van der Waals surface area contributed by atoms with Crippen molar-refractivity contribution in [2.45, 2.75) is 18.6 Å². The van der Waals surface area contributed by atoms with E-state index in [1.165, 1.54) is 23.7 Å². The number of halogens is 3. The van der Waals surface area contributed by atoms with Gasteiger partial charge < -0.3 is 15.6 Å². The number of rotatable bonds is 8. The van der Waals surface area contributed by atoms with Crippen LogP contribution in [0.5, 0.6) is 0 Å². The minimum absolute atomic E-state index is 0.110. The fraction of sp³-hybridized carbons (Fsp3) is 0.107. The summed E-state index contributed by atoms with van der Waals surface area (Å²) in [7, 11) is 0. The smallest absolute Gasteiger partial charge is 0.361 e. The molecule has 3 amide bonds. The minimum atomic E-state index is -4.51. The van der Waals surface area contributed by atoms with Crippen molar-refractivity contribution in [2.24, 2.45) is 0 Å². The highest BCUT2D eigenvalue weighted by atomic mass is 19.4. The summed E-state index contributed by atoms with van der Waals surface area (Å²) < 4.78 is 38.7. The van der Waals surface area contributed by atoms with Gasteiger partial charge in [0.05, 0.1) is 5.56 Å². The van der Waals surface area contributed by atoms with E-state index in [1.807, 2.05) is 24.3 Å². The average molecular weight is 537 g/mol. The number of benzene rings is 3. The fourth-order valence-electron chi connectivity index (χ4n) is 3.90. The lowest BCUT2D eigenvalue weighted by molar-refractivity contribution is -0.137. The van der Waals surface area contributed by atoms with Crippen LogP contribution in [0, 0.1) is 0 Å². The van der Waals surface area contributed by atoms with E-state index >= 15 is 0 Å². The summed E-state index contributed by atoms with van der Waals surface area (Å²) in [5, 5.41) is 14.7. The Bertz CT molecular complexity index is 1510. The van der Waals surface area contributed by atoms with Crippen molar-refractivity contribution in [1.29, 1.82) is 0 Å². The molecule has 4 aromatic rings. The van der Waals surface area contributed by atoms with E-state index in [0.717, 1.165) is 46.8 Å². The van der Waals surface area contributed by atoms with Gasteiger partial charge in [0.2, 0.25) is 5.91 Å². The molecular weight excluding hydrogens is 513 g/mol. The standard InChI is InChI=1S/C28H23F3N4O4/c29-28(30,31)20-10-12-21(13-11-20)33-27(38)24(15-19-16-32-23-4-2-1-3-22(19)23)34-26(37)18-8-5-17(6-9-18)7-14-25(36)35-39/h1-14,16,24,32,39H,15H2,(H,33,38)(H,34,37)(H,35,36)/b14-7+. The Morgan fingerprint density at radius 3 is 2.31 bits per heavy atom. The molecule has 0 bridgehead atoms. The Balaban J connectivity index is 1.54. The molecule has 0 aliphatic rings. The lowest BCUT2D eigenvalue weighted by Crippen LogP contribution is -2.45. The number of fused-ring (bicyclic) bond motifs is 1. The van der Waals surface area contributed by atoms with Crippen molar-refractivity contribution >= 4 is 40.4 Å². The molecular formula is C28H23F3N4O4. The van der Waals surface area contributed by atoms with E-state index in [9.17, 15) is 27.6 Å². The molecule has 1 unspecified atom stereocenters. The van der Waals surface area contributed by atoms with Crippen LogP contribution in [0.3, 0.4) is 0 Å². The largest absolute Gasteiger partial charge is 0.416 e. The first-order valence-electron chi connectivity index (χ1n) is 11.7. The lowest BCUT2D eigenvalue weighted by Gasteiger charge is -2.19. The van der Waals surface area contributed by atoms with Crippen molar-refractivity contribution in [1.82, 2.24) is 15.8 Å². The number of aromatic nitrogens is 1. The zero-order valence-corrected chi connectivity index (χ0v) is 20.3. The maximum atomic E-state index is 13.2. The van der Waals surface area contributed by atoms with Gasteiger partial charge >= 0.3 is 6.18 Å². The molecule has 0 saturated heterocycles. The van der Waals surface area contributed by atoms with Gasteiger partial charge in [-0.3, -0.25) is 19.6 Å². The summed E-state index contributed by atoms with van der Waals surface area (Å²) in [6, 6.07) is 16.6. The summed E-state index contributed by atoms with van der Waals surface area (Å²) >= 11 is 0. The van der Waals surface area contributed by atoms with Gasteiger partial charge in [0, 0.05) is 40.8 Å². The molecule has 5 N–H and O–H groups in total. The molecule has 0 radical (unpaired) electrons. The molecule has 4 rings (SSSR count). The number of hydroxylamine groups is 1. The maximum Gasteiger partial charge on any atom is 0.416 e. The highest BCUT2D eigenvalue weighted by molar-refractivity contribution is 6.01. The van der Waals surface area contributed by atoms with E-state index in [-0.39, 0.29) is 17.7 Å². The molecule has 39 heavy (non-hydrogen) atoms. The topological polar surface area (TPSA) is 123 Å². The third-order valence-corrected chi connectivity index (χ3v) is 5.91. The summed E-state index contributed by atoms with van der Waals surface area (Å²) in [5.41, 5.74) is 3.21. The average Bonchev–Trinajstić information content (AvgIpc) is 3.34. The Hall–Kier alpha value is -4.90. The van der Waals surface area contributed by atoms with Crippen LogP contribution in [-0.2, 0) is 22.2 Å². The Morgan fingerprint density at radius 2 is 1.64 bits per heavy atom. The quantitative estimate of drug-likeness (QED) is 0.127. The lowest BCUT2D eigenvalue weighted by atomic mass is 10.0. The number of hydrogen-bond acceptors (Lipinski definition) is 4. The van der Waals surface area contributed by atoms with Crippen molar-refractivity contribution in [3.05, 3.63) is 107 Å². The molecule has 200 valence electrons. The third kappa shape index (κ3) is 6.90. The minimum Gasteiger partial charge on any atom is -0.361 e. The monoisotopic (exact) mass is 536 g/mol. The van der Waals surface area contributed by atoms with Crippen LogP contribution in [-0.4, -0.2) is 34.0 Å². The van der Waals surface area contributed by atoms with Gasteiger partial charge in [0.15, 0.2) is 0 Å². The number of hydrogen-bond donors (Lipinski definition) is 5. The number of anilines is 1. The first-order valence-corrected chi connectivity index (χ1v) is 11.7. The summed E-state index contributed by atoms with van der Waals surface area (Å²) in [5.74, 6) is -1.87. The van der Waals surface area contributed by atoms with Gasteiger partial charge in [-0.2, -0.15) is 13.2 Å². The van der Waals surface area contributed by atoms with Gasteiger partial charge in [-0.15, -0.1) is 0 Å². The fourth-order valence-corrected chi connectivity index (χ4v) is 3.90. The third-order valence-electron chi connectivity index (χ3n) is 5.91. The number of aromatic amines is 1. The van der Waals surface area contributed by atoms with E-state index < -0.39 is 35.5 Å². The molecule has 8 nitrogen and oxygen atoms in total. The predicted molar refractivity (Wildman–Crippen MR) is 139 cm³/mol. The van der Waals surface area contributed by atoms with Crippen LogP contribution in [0.15, 0.2) is 85.1 Å². The SMILES string of the molecule is O=C(/C=C/c1ccc(C(=O)NC(Cc2c[nH]c3ccccc23)C(=O)Nc2ccc(C(F)(F)F)cc2)cc1)NO. The molecule has 0 spiro atoms. The summed E-state index contributed by atoms with van der Waals surface area (Å²) in [4.78, 5) is 40.5. The van der Waals surface area contributed by atoms with Crippen LogP contribution in [0.2, 0.25) is 0 Å². The normalized spacial score (nSPS) is 12.3. The van der Waals surface area contributed by atoms with Crippen LogP contribution < -0.4 is 16.1 Å². The van der Waals surface area contributed by atoms with Crippen LogP contribution in [0.4, 0.5) is 18.9 Å². The molecule has 0 fully saturated rings. The van der Waals surface area contributed by atoms with E-state index in [1.54, 1.807) is 18.3 Å². The number of nitrogens with one attached hydrogen (secondary N) is 4. The van der Waals surface area contributed by atoms with E-state index in [0.29, 0.717) is 5.56 Å². The van der Waals surface area contributed by atoms with Gasteiger partial charge in [0.25, 0.3) is 11.8 Å². The van der Waals surface area contributed by atoms with Crippen LogP contribution >= 0.6 is 0 Å². The van der Waals surface area contributed by atoms with Gasteiger partial charge in [-0.05, 0) is 59.7 Å². The Morgan fingerprint density at radius 1 is 0.949 bits per heavy atom. The van der Waals surface area contributed by atoms with E-state index in [4.69, 9.17) is 5.21 Å². The second-order valence-electron chi connectivity index (χ2n) is 8.59. The number of para-hydroxylation sites is 1. The second kappa shape index (κ2) is 11.7. The first kappa shape index (κ1) is 27.1. The Kier molecular flexibility index (Phi) is 8.11. The number of H-pyrrole nitrogens is 1. The number of carbonyl (C=O) groups is 3. The van der Waals surface area contributed by atoms with Gasteiger partial charge in [0.1, 0.15) is 6.04 Å². The molecule has 11 heteroatoms. The second-order valence-corrected chi connectivity index (χ2v) is 8.59. The molecule has 1 aromatic heterocycles. The zero-order chi connectivity index (χ0) is 28.0. The zero-order valence-electron chi connectivity index (χ0n) is 20.3. The van der Waals surface area contributed by atoms with Gasteiger partial charge in [-0.25, -0.2) is 5.48 Å². The molecule has 0 saturated carbocycles. The summed E-state index contributed by atoms with van der Waals surface area (Å²) in [6.07, 6.45) is -0.119. The maximum absolute atomic E-state index is 13.2. The van der Waals surface area contributed by atoms with Crippen molar-refractivity contribution in [3.63, 3.8) is 0 Å². The predicted octanol–water partition coefficient (Wildman–Crippen LogP) is 4.69. The molecule has 1 atom stereocenters.